The van der Waals surface area contributed by atoms with Crippen molar-refractivity contribution in [2.75, 3.05) is 0 Å². The van der Waals surface area contributed by atoms with Gasteiger partial charge in [-0.1, -0.05) is 30.3 Å². The molecular weight excluding hydrogens is 608 g/mol. The van der Waals surface area contributed by atoms with Crippen LogP contribution in [-0.2, 0) is 6.42 Å². The summed E-state index contributed by atoms with van der Waals surface area (Å²) in [4.78, 5) is 28.3. The number of rotatable bonds is 6. The predicted octanol–water partition coefficient (Wildman–Crippen LogP) is 7.82. The molecule has 0 aromatic heterocycles. The summed E-state index contributed by atoms with van der Waals surface area (Å²) >= 11 is 0. The molecular formula is C40H38O8. The average Bonchev–Trinajstić information content (AvgIpc) is 3.03. The van der Waals surface area contributed by atoms with E-state index in [2.05, 4.69) is 0 Å². The summed E-state index contributed by atoms with van der Waals surface area (Å²) < 4.78 is 12.7. The van der Waals surface area contributed by atoms with E-state index in [4.69, 9.17) is 9.47 Å². The van der Waals surface area contributed by atoms with Gasteiger partial charge in [0, 0.05) is 23.0 Å². The van der Waals surface area contributed by atoms with E-state index in [0.29, 0.717) is 53.9 Å². The third-order valence-electron chi connectivity index (χ3n) is 10.2. The lowest BCUT2D eigenvalue weighted by Crippen LogP contribution is -2.49. The Morgan fingerprint density at radius 3 is 2.06 bits per heavy atom. The Morgan fingerprint density at radius 1 is 0.729 bits per heavy atom. The van der Waals surface area contributed by atoms with E-state index in [1.54, 1.807) is 60.7 Å². The summed E-state index contributed by atoms with van der Waals surface area (Å²) in [6.07, 6.45) is 5.09. The molecule has 2 bridgehead atoms. The van der Waals surface area contributed by atoms with Crippen molar-refractivity contribution in [3.05, 3.63) is 112 Å². The van der Waals surface area contributed by atoms with Crippen LogP contribution in [0.1, 0.15) is 94.8 Å². The number of benzene rings is 4. The number of phenolic OH excluding ortho intramolecular Hbond substituents is 4. The Hall–Kier alpha value is -5.24. The Morgan fingerprint density at radius 2 is 1.35 bits per heavy atom. The molecule has 4 atom stereocenters. The van der Waals surface area contributed by atoms with Crippen LogP contribution in [0.2, 0.25) is 0 Å². The van der Waals surface area contributed by atoms with Crippen molar-refractivity contribution in [2.45, 2.75) is 69.5 Å². The number of Topliss-reactive ketones (excluding diaryl/α,β-unsaturated/α-hetero) is 1. The summed E-state index contributed by atoms with van der Waals surface area (Å²) in [5.41, 5.74) is 1.69. The van der Waals surface area contributed by atoms with Gasteiger partial charge >= 0.3 is 0 Å². The Balaban J connectivity index is 1.33. The van der Waals surface area contributed by atoms with Crippen LogP contribution in [0, 0.1) is 5.92 Å². The van der Waals surface area contributed by atoms with E-state index in [1.165, 1.54) is 24.3 Å². The normalized spacial score (nSPS) is 23.8. The lowest BCUT2D eigenvalue weighted by Gasteiger charge is -2.51. The minimum atomic E-state index is -0.737. The van der Waals surface area contributed by atoms with Crippen molar-refractivity contribution >= 4 is 17.6 Å². The lowest BCUT2D eigenvalue weighted by molar-refractivity contribution is -0.00749. The highest BCUT2D eigenvalue weighted by molar-refractivity contribution is 6.09. The largest absolute Gasteiger partial charge is 0.508 e. The third kappa shape index (κ3) is 5.55. The second-order valence-electron chi connectivity index (χ2n) is 14.1. The van der Waals surface area contributed by atoms with Crippen LogP contribution in [0.3, 0.4) is 0 Å². The maximum absolute atomic E-state index is 14.8. The molecule has 8 heteroatoms. The first-order chi connectivity index (χ1) is 22.8. The molecule has 2 heterocycles. The Labute approximate surface area is 278 Å². The monoisotopic (exact) mass is 646 g/mol. The lowest BCUT2D eigenvalue weighted by atomic mass is 9.59. The number of fused-ring (bicyclic) bond motifs is 5. The SMILES string of the molecule is CC1(C)CCc2c(ccc(C(=O)[C@H]3[C@H](c4ccc(O)cc4)C[C@]4(C)C[C@H]3c3c(ccc(C(=O)/C=C/c5ccc(O)cc5)c3O)O4)c2O)O1. The molecule has 48 heavy (non-hydrogen) atoms. The van der Waals surface area contributed by atoms with E-state index in [9.17, 15) is 30.0 Å². The van der Waals surface area contributed by atoms with Gasteiger partial charge in [-0.05, 0) is 118 Å². The smallest absolute Gasteiger partial charge is 0.189 e. The fourth-order valence-corrected chi connectivity index (χ4v) is 7.78. The summed E-state index contributed by atoms with van der Waals surface area (Å²) in [7, 11) is 0. The molecule has 0 amide bonds. The van der Waals surface area contributed by atoms with Crippen LogP contribution in [0.15, 0.2) is 78.9 Å². The van der Waals surface area contributed by atoms with E-state index < -0.39 is 29.1 Å². The van der Waals surface area contributed by atoms with Gasteiger partial charge in [0.15, 0.2) is 11.6 Å². The number of aromatic hydroxyl groups is 4. The molecule has 7 rings (SSSR count). The predicted molar refractivity (Wildman–Crippen MR) is 180 cm³/mol. The first-order valence-corrected chi connectivity index (χ1v) is 16.3. The molecule has 0 saturated heterocycles. The van der Waals surface area contributed by atoms with Crippen LogP contribution < -0.4 is 9.47 Å². The zero-order valence-corrected chi connectivity index (χ0v) is 27.1. The van der Waals surface area contributed by atoms with Crippen molar-refractivity contribution in [1.82, 2.24) is 0 Å². The molecule has 0 radical (unpaired) electrons. The summed E-state index contributed by atoms with van der Waals surface area (Å²) in [6, 6.07) is 19.7. The zero-order valence-electron chi connectivity index (χ0n) is 27.1. The van der Waals surface area contributed by atoms with Crippen LogP contribution in [0.25, 0.3) is 6.08 Å². The van der Waals surface area contributed by atoms with Gasteiger partial charge in [-0.3, -0.25) is 9.59 Å². The standard InChI is InChI=1S/C40H38O8/c1-39(2)19-18-27-32(47-39)16-14-28(36(27)44)38(46)34-29(23-7-11-25(42)12-8-23)20-40(3)21-30(34)35-33(48-40)17-13-26(37(35)45)31(43)15-6-22-4-9-24(41)10-5-22/h4-17,29-30,34,41-42,44-45H,18-21H2,1-3H3/b15-6+/t29-,30+,34-,40+/m0/s1. The second-order valence-corrected chi connectivity index (χ2v) is 14.1. The van der Waals surface area contributed by atoms with Crippen molar-refractivity contribution in [3.63, 3.8) is 0 Å². The van der Waals surface area contributed by atoms with Crippen molar-refractivity contribution in [3.8, 4) is 34.5 Å². The summed E-state index contributed by atoms with van der Waals surface area (Å²) in [5.74, 6) is -1.54. The van der Waals surface area contributed by atoms with Gasteiger partial charge in [0.2, 0.25) is 0 Å². The third-order valence-corrected chi connectivity index (χ3v) is 10.2. The minimum absolute atomic E-state index is 0.0744. The number of phenols is 4. The molecule has 1 aliphatic carbocycles. The molecule has 1 saturated carbocycles. The van der Waals surface area contributed by atoms with Gasteiger partial charge in [-0.15, -0.1) is 0 Å². The molecule has 8 nitrogen and oxygen atoms in total. The highest BCUT2D eigenvalue weighted by Gasteiger charge is 2.54. The fourth-order valence-electron chi connectivity index (χ4n) is 7.78. The minimum Gasteiger partial charge on any atom is -0.508 e. The number of hydrogen-bond donors (Lipinski definition) is 4. The van der Waals surface area contributed by atoms with Gasteiger partial charge in [0.1, 0.15) is 45.7 Å². The summed E-state index contributed by atoms with van der Waals surface area (Å²) in [5, 5.41) is 43.0. The molecule has 4 N–H and O–H groups in total. The van der Waals surface area contributed by atoms with Crippen LogP contribution in [0.4, 0.5) is 0 Å². The molecule has 0 unspecified atom stereocenters. The van der Waals surface area contributed by atoms with Crippen LogP contribution >= 0.6 is 0 Å². The van der Waals surface area contributed by atoms with Gasteiger partial charge in [0.05, 0.1) is 11.1 Å². The Kier molecular flexibility index (Phi) is 7.50. The fraction of sp³-hybridized carbons (Fsp3) is 0.300. The molecule has 4 aromatic carbocycles. The van der Waals surface area contributed by atoms with Crippen molar-refractivity contribution in [2.24, 2.45) is 5.92 Å². The molecule has 0 spiro atoms. The van der Waals surface area contributed by atoms with Crippen molar-refractivity contribution < 1.29 is 39.5 Å². The molecule has 4 aromatic rings. The van der Waals surface area contributed by atoms with Crippen molar-refractivity contribution in [1.29, 1.82) is 0 Å². The number of carbonyl (C=O) groups is 2. The number of hydrogen-bond acceptors (Lipinski definition) is 8. The van der Waals surface area contributed by atoms with Gasteiger partial charge < -0.3 is 29.9 Å². The maximum atomic E-state index is 14.8. The highest BCUT2D eigenvalue weighted by atomic mass is 16.5. The number of allylic oxidation sites excluding steroid dienone is 1. The molecule has 3 aliphatic rings. The number of ketones is 2. The first kappa shape index (κ1) is 31.4. The molecule has 2 aliphatic heterocycles. The van der Waals surface area contributed by atoms with E-state index in [0.717, 1.165) is 5.56 Å². The van der Waals surface area contributed by atoms with Gasteiger partial charge in [0.25, 0.3) is 0 Å². The highest BCUT2D eigenvalue weighted by Crippen LogP contribution is 2.60. The van der Waals surface area contributed by atoms with Crippen LogP contribution in [0.5, 0.6) is 34.5 Å². The van der Waals surface area contributed by atoms with Gasteiger partial charge in [-0.25, -0.2) is 0 Å². The summed E-state index contributed by atoms with van der Waals surface area (Å²) in [6.45, 7) is 5.97. The van der Waals surface area contributed by atoms with E-state index in [-0.39, 0.29) is 45.5 Å². The quantitative estimate of drug-likeness (QED) is 0.123. The van der Waals surface area contributed by atoms with E-state index >= 15 is 0 Å². The topological polar surface area (TPSA) is 134 Å². The molecule has 246 valence electrons. The second kappa shape index (κ2) is 11.5. The first-order valence-electron chi connectivity index (χ1n) is 16.3. The van der Waals surface area contributed by atoms with Gasteiger partial charge in [-0.2, -0.15) is 0 Å². The molecule has 1 fully saturated rings. The van der Waals surface area contributed by atoms with Crippen LogP contribution in [-0.4, -0.2) is 43.2 Å². The zero-order chi connectivity index (χ0) is 34.0. The average molecular weight is 647 g/mol. The number of carbonyl (C=O) groups excluding carboxylic acids is 2. The Bertz CT molecular complexity index is 1960. The van der Waals surface area contributed by atoms with E-state index in [1.807, 2.05) is 20.8 Å². The number of ether oxygens (including phenoxy) is 2. The maximum Gasteiger partial charge on any atom is 0.189 e.